The first kappa shape index (κ1) is 17.7. The number of amides is 3. The van der Waals surface area contributed by atoms with E-state index in [0.29, 0.717) is 45.7 Å². The fourth-order valence-electron chi connectivity index (χ4n) is 2.73. The number of rotatable bonds is 7. The van der Waals surface area contributed by atoms with Crippen LogP contribution in [0, 0.1) is 0 Å². The fourth-order valence-corrected chi connectivity index (χ4v) is 2.73. The van der Waals surface area contributed by atoms with Crippen LogP contribution in [0.25, 0.3) is 0 Å². The van der Waals surface area contributed by atoms with Gasteiger partial charge in [0.05, 0.1) is 13.2 Å². The molecule has 0 bridgehead atoms. The summed E-state index contributed by atoms with van der Waals surface area (Å²) in [6.07, 6.45) is 2.20. The Morgan fingerprint density at radius 1 is 1.00 bits per heavy atom. The van der Waals surface area contributed by atoms with Gasteiger partial charge in [-0.15, -0.1) is 0 Å². The molecule has 3 amide bonds. The predicted octanol–water partition coefficient (Wildman–Crippen LogP) is -1.44. The van der Waals surface area contributed by atoms with Crippen LogP contribution in [-0.4, -0.2) is 86.5 Å². The van der Waals surface area contributed by atoms with E-state index in [2.05, 4.69) is 15.5 Å². The SMILES string of the molecule is O=C(NCCCN1CCCC1=O)C(=O)NCCN1CCOCC1. The van der Waals surface area contributed by atoms with E-state index < -0.39 is 11.8 Å². The quantitative estimate of drug-likeness (QED) is 0.442. The molecule has 0 saturated carbocycles. The van der Waals surface area contributed by atoms with Gasteiger partial charge in [-0.1, -0.05) is 0 Å². The van der Waals surface area contributed by atoms with Crippen LogP contribution in [0.1, 0.15) is 19.3 Å². The van der Waals surface area contributed by atoms with Gasteiger partial charge in [0.1, 0.15) is 0 Å². The second-order valence-corrected chi connectivity index (χ2v) is 5.80. The summed E-state index contributed by atoms with van der Waals surface area (Å²) in [7, 11) is 0. The summed E-state index contributed by atoms with van der Waals surface area (Å²) in [4.78, 5) is 38.7. The molecule has 0 aliphatic carbocycles. The van der Waals surface area contributed by atoms with Crippen molar-refractivity contribution in [2.75, 3.05) is 59.0 Å². The second kappa shape index (κ2) is 9.46. The van der Waals surface area contributed by atoms with E-state index in [0.717, 1.165) is 32.6 Å². The van der Waals surface area contributed by atoms with Crippen molar-refractivity contribution < 1.29 is 19.1 Å². The number of hydrogen-bond acceptors (Lipinski definition) is 5. The third-order valence-electron chi connectivity index (χ3n) is 4.09. The molecule has 2 saturated heterocycles. The Hall–Kier alpha value is -1.67. The summed E-state index contributed by atoms with van der Waals surface area (Å²) < 4.78 is 5.25. The van der Waals surface area contributed by atoms with Crippen LogP contribution in [0.4, 0.5) is 0 Å². The minimum atomic E-state index is -0.611. The van der Waals surface area contributed by atoms with Crippen LogP contribution in [0.3, 0.4) is 0 Å². The number of morpholine rings is 1. The maximum Gasteiger partial charge on any atom is 0.309 e. The third kappa shape index (κ3) is 6.15. The maximum atomic E-state index is 11.7. The summed E-state index contributed by atoms with van der Waals surface area (Å²) in [5, 5.41) is 5.21. The molecular formula is C15H26N4O4. The van der Waals surface area contributed by atoms with Gasteiger partial charge in [-0.25, -0.2) is 0 Å². The summed E-state index contributed by atoms with van der Waals surface area (Å²) in [6, 6.07) is 0. The Kier molecular flexibility index (Phi) is 7.28. The van der Waals surface area contributed by atoms with Gasteiger partial charge in [-0.2, -0.15) is 0 Å². The van der Waals surface area contributed by atoms with Crippen LogP contribution in [-0.2, 0) is 19.1 Å². The van der Waals surface area contributed by atoms with Crippen molar-refractivity contribution in [2.45, 2.75) is 19.3 Å². The zero-order valence-corrected chi connectivity index (χ0v) is 13.5. The van der Waals surface area contributed by atoms with E-state index in [1.54, 1.807) is 4.90 Å². The van der Waals surface area contributed by atoms with Crippen molar-refractivity contribution >= 4 is 17.7 Å². The Morgan fingerprint density at radius 3 is 2.35 bits per heavy atom. The van der Waals surface area contributed by atoms with Crippen molar-refractivity contribution in [3.05, 3.63) is 0 Å². The van der Waals surface area contributed by atoms with Gasteiger partial charge < -0.3 is 20.3 Å². The predicted molar refractivity (Wildman–Crippen MR) is 83.7 cm³/mol. The molecule has 0 aromatic heterocycles. The van der Waals surface area contributed by atoms with Crippen molar-refractivity contribution in [1.29, 1.82) is 0 Å². The zero-order valence-electron chi connectivity index (χ0n) is 13.5. The molecule has 2 fully saturated rings. The smallest absolute Gasteiger partial charge is 0.309 e. The normalized spacial score (nSPS) is 19.0. The molecule has 8 nitrogen and oxygen atoms in total. The first-order chi connectivity index (χ1) is 11.2. The van der Waals surface area contributed by atoms with Gasteiger partial charge in [0, 0.05) is 52.2 Å². The fraction of sp³-hybridized carbons (Fsp3) is 0.800. The molecular weight excluding hydrogens is 300 g/mol. The first-order valence-electron chi connectivity index (χ1n) is 8.31. The number of hydrogen-bond donors (Lipinski definition) is 2. The summed E-state index contributed by atoms with van der Waals surface area (Å²) in [5.74, 6) is -1.03. The number of carbonyl (C=O) groups excluding carboxylic acids is 3. The third-order valence-corrected chi connectivity index (χ3v) is 4.09. The van der Waals surface area contributed by atoms with Crippen molar-refractivity contribution in [3.63, 3.8) is 0 Å². The van der Waals surface area contributed by atoms with Crippen LogP contribution >= 0.6 is 0 Å². The van der Waals surface area contributed by atoms with Gasteiger partial charge in [0.25, 0.3) is 0 Å². The van der Waals surface area contributed by atoms with Crippen molar-refractivity contribution in [1.82, 2.24) is 20.4 Å². The highest BCUT2D eigenvalue weighted by atomic mass is 16.5. The molecule has 2 aliphatic rings. The Labute approximate surface area is 136 Å². The van der Waals surface area contributed by atoms with Crippen LogP contribution < -0.4 is 10.6 Å². The van der Waals surface area contributed by atoms with E-state index >= 15 is 0 Å². The van der Waals surface area contributed by atoms with Gasteiger partial charge in [0.15, 0.2) is 0 Å². The summed E-state index contributed by atoms with van der Waals surface area (Å²) >= 11 is 0. The number of nitrogens with zero attached hydrogens (tertiary/aromatic N) is 2. The second-order valence-electron chi connectivity index (χ2n) is 5.80. The molecule has 2 aliphatic heterocycles. The average molecular weight is 326 g/mol. The maximum absolute atomic E-state index is 11.7. The molecule has 2 heterocycles. The lowest BCUT2D eigenvalue weighted by molar-refractivity contribution is -0.139. The van der Waals surface area contributed by atoms with Gasteiger partial charge in [0.2, 0.25) is 5.91 Å². The van der Waals surface area contributed by atoms with Gasteiger partial charge >= 0.3 is 11.8 Å². The molecule has 2 rings (SSSR count). The number of carbonyl (C=O) groups is 3. The lowest BCUT2D eigenvalue weighted by Gasteiger charge is -2.26. The molecule has 0 aromatic rings. The topological polar surface area (TPSA) is 91.0 Å². The van der Waals surface area contributed by atoms with Crippen LogP contribution in [0.2, 0.25) is 0 Å². The lowest BCUT2D eigenvalue weighted by atomic mass is 10.3. The first-order valence-corrected chi connectivity index (χ1v) is 8.31. The summed E-state index contributed by atoms with van der Waals surface area (Å²) in [6.45, 7) is 6.16. The minimum absolute atomic E-state index is 0.178. The molecule has 2 N–H and O–H groups in total. The molecule has 0 atom stereocenters. The van der Waals surface area contributed by atoms with E-state index in [1.807, 2.05) is 0 Å². The Balaban J connectivity index is 1.50. The molecule has 0 aromatic carbocycles. The molecule has 0 spiro atoms. The highest BCUT2D eigenvalue weighted by Crippen LogP contribution is 2.09. The van der Waals surface area contributed by atoms with E-state index in [-0.39, 0.29) is 5.91 Å². The standard InChI is InChI=1S/C15H26N4O4/c20-13-3-1-6-19(13)7-2-4-16-14(21)15(22)17-5-8-18-9-11-23-12-10-18/h1-12H2,(H,16,21)(H,17,22). The van der Waals surface area contributed by atoms with Crippen LogP contribution in [0.15, 0.2) is 0 Å². The lowest BCUT2D eigenvalue weighted by Crippen LogP contribution is -2.45. The highest BCUT2D eigenvalue weighted by molar-refractivity contribution is 6.35. The zero-order chi connectivity index (χ0) is 16.5. The molecule has 0 radical (unpaired) electrons. The number of ether oxygens (including phenoxy) is 1. The largest absolute Gasteiger partial charge is 0.379 e. The van der Waals surface area contributed by atoms with Crippen molar-refractivity contribution in [3.8, 4) is 0 Å². The Bertz CT molecular complexity index is 424. The van der Waals surface area contributed by atoms with E-state index in [4.69, 9.17) is 4.74 Å². The minimum Gasteiger partial charge on any atom is -0.379 e. The molecule has 130 valence electrons. The van der Waals surface area contributed by atoms with Crippen molar-refractivity contribution in [2.24, 2.45) is 0 Å². The van der Waals surface area contributed by atoms with E-state index in [1.165, 1.54) is 0 Å². The van der Waals surface area contributed by atoms with Gasteiger partial charge in [-0.3, -0.25) is 19.3 Å². The summed E-state index contributed by atoms with van der Waals surface area (Å²) in [5.41, 5.74) is 0. The van der Waals surface area contributed by atoms with Crippen LogP contribution in [0.5, 0.6) is 0 Å². The Morgan fingerprint density at radius 2 is 1.70 bits per heavy atom. The highest BCUT2D eigenvalue weighted by Gasteiger charge is 2.19. The van der Waals surface area contributed by atoms with Gasteiger partial charge in [-0.05, 0) is 12.8 Å². The van der Waals surface area contributed by atoms with E-state index in [9.17, 15) is 14.4 Å². The number of likely N-dealkylation sites (tertiary alicyclic amines) is 1. The number of nitrogens with one attached hydrogen (secondary N) is 2. The molecule has 0 unspecified atom stereocenters. The average Bonchev–Trinajstić information content (AvgIpc) is 2.97. The monoisotopic (exact) mass is 326 g/mol. The molecule has 23 heavy (non-hydrogen) atoms. The molecule has 8 heteroatoms.